The topological polar surface area (TPSA) is 35.5 Å². The van der Waals surface area contributed by atoms with Crippen molar-refractivity contribution in [3.63, 3.8) is 0 Å². The van der Waals surface area contributed by atoms with Gasteiger partial charge in [0, 0.05) is 25.2 Å². The first-order valence-electron chi connectivity index (χ1n) is 6.40. The minimum absolute atomic E-state index is 0.0436. The van der Waals surface area contributed by atoms with Gasteiger partial charge in [0.2, 0.25) is 0 Å². The first-order valence-corrected chi connectivity index (χ1v) is 6.40. The average Bonchev–Trinajstić information content (AvgIpc) is 2.30. The summed E-state index contributed by atoms with van der Waals surface area (Å²) in [5.41, 5.74) is 0. The third-order valence-electron chi connectivity index (χ3n) is 4.07. The SMILES string of the molecule is CNC1CCCCC1N1CCC(O)CC1. The maximum Gasteiger partial charge on any atom is 0.0564 e. The van der Waals surface area contributed by atoms with Crippen molar-refractivity contribution in [3.8, 4) is 0 Å². The Morgan fingerprint density at radius 2 is 1.73 bits per heavy atom. The van der Waals surface area contributed by atoms with E-state index in [1.807, 2.05) is 0 Å². The molecule has 15 heavy (non-hydrogen) atoms. The van der Waals surface area contributed by atoms with Gasteiger partial charge in [-0.2, -0.15) is 0 Å². The molecular formula is C12H24N2O. The van der Waals surface area contributed by atoms with Gasteiger partial charge in [0.15, 0.2) is 0 Å². The fourth-order valence-electron chi connectivity index (χ4n) is 3.10. The van der Waals surface area contributed by atoms with Crippen LogP contribution in [0.2, 0.25) is 0 Å². The summed E-state index contributed by atoms with van der Waals surface area (Å²) in [7, 11) is 2.09. The van der Waals surface area contributed by atoms with Crippen molar-refractivity contribution in [1.82, 2.24) is 10.2 Å². The molecular weight excluding hydrogens is 188 g/mol. The Kier molecular flexibility index (Phi) is 4.00. The van der Waals surface area contributed by atoms with Gasteiger partial charge >= 0.3 is 0 Å². The zero-order valence-electron chi connectivity index (χ0n) is 9.78. The van der Waals surface area contributed by atoms with E-state index in [2.05, 4.69) is 17.3 Å². The predicted octanol–water partition coefficient (Wildman–Crippen LogP) is 0.974. The number of likely N-dealkylation sites (tertiary alicyclic amines) is 1. The number of hydrogen-bond donors (Lipinski definition) is 2. The van der Waals surface area contributed by atoms with Crippen molar-refractivity contribution in [2.45, 2.75) is 56.7 Å². The molecule has 1 heterocycles. The van der Waals surface area contributed by atoms with Gasteiger partial charge in [-0.3, -0.25) is 4.90 Å². The van der Waals surface area contributed by atoms with Gasteiger partial charge in [0.1, 0.15) is 0 Å². The molecule has 1 saturated carbocycles. The Bertz CT molecular complexity index is 190. The van der Waals surface area contributed by atoms with Crippen LogP contribution in [-0.4, -0.2) is 48.3 Å². The molecule has 0 amide bonds. The summed E-state index contributed by atoms with van der Waals surface area (Å²) < 4.78 is 0. The summed E-state index contributed by atoms with van der Waals surface area (Å²) in [6.45, 7) is 2.17. The molecule has 0 bridgehead atoms. The van der Waals surface area contributed by atoms with E-state index in [1.165, 1.54) is 25.7 Å². The van der Waals surface area contributed by atoms with Crippen LogP contribution in [-0.2, 0) is 0 Å². The molecule has 0 spiro atoms. The Balaban J connectivity index is 1.90. The second-order valence-corrected chi connectivity index (χ2v) is 5.01. The quantitative estimate of drug-likeness (QED) is 0.716. The van der Waals surface area contributed by atoms with Crippen LogP contribution in [0.15, 0.2) is 0 Å². The second-order valence-electron chi connectivity index (χ2n) is 5.01. The number of nitrogens with one attached hydrogen (secondary N) is 1. The fraction of sp³-hybridized carbons (Fsp3) is 1.00. The lowest BCUT2D eigenvalue weighted by Gasteiger charge is -2.42. The summed E-state index contributed by atoms with van der Waals surface area (Å²) >= 11 is 0. The second kappa shape index (κ2) is 5.28. The van der Waals surface area contributed by atoms with Gasteiger partial charge in [0.05, 0.1) is 6.10 Å². The summed E-state index contributed by atoms with van der Waals surface area (Å²) in [4.78, 5) is 2.59. The van der Waals surface area contributed by atoms with E-state index in [9.17, 15) is 5.11 Å². The number of aliphatic hydroxyl groups excluding tert-OH is 1. The Hall–Kier alpha value is -0.120. The van der Waals surface area contributed by atoms with Gasteiger partial charge in [0.25, 0.3) is 0 Å². The predicted molar refractivity (Wildman–Crippen MR) is 61.9 cm³/mol. The molecule has 0 aromatic carbocycles. The van der Waals surface area contributed by atoms with Crippen molar-refractivity contribution in [2.75, 3.05) is 20.1 Å². The highest BCUT2D eigenvalue weighted by Crippen LogP contribution is 2.25. The lowest BCUT2D eigenvalue weighted by molar-refractivity contribution is 0.0400. The number of nitrogens with zero attached hydrogens (tertiary/aromatic N) is 1. The molecule has 2 atom stereocenters. The van der Waals surface area contributed by atoms with E-state index >= 15 is 0 Å². The molecule has 0 aromatic heterocycles. The molecule has 2 unspecified atom stereocenters. The molecule has 3 heteroatoms. The van der Waals surface area contributed by atoms with Crippen molar-refractivity contribution < 1.29 is 5.11 Å². The van der Waals surface area contributed by atoms with E-state index in [0.29, 0.717) is 6.04 Å². The van der Waals surface area contributed by atoms with Gasteiger partial charge in [-0.25, -0.2) is 0 Å². The van der Waals surface area contributed by atoms with Crippen molar-refractivity contribution in [2.24, 2.45) is 0 Å². The monoisotopic (exact) mass is 212 g/mol. The highest BCUT2D eigenvalue weighted by molar-refractivity contribution is 4.89. The molecule has 1 saturated heterocycles. The lowest BCUT2D eigenvalue weighted by Crippen LogP contribution is -2.53. The van der Waals surface area contributed by atoms with E-state index in [1.54, 1.807) is 0 Å². The minimum Gasteiger partial charge on any atom is -0.393 e. The fourth-order valence-corrected chi connectivity index (χ4v) is 3.10. The molecule has 0 aromatic rings. The summed E-state index contributed by atoms with van der Waals surface area (Å²) in [5.74, 6) is 0. The zero-order valence-corrected chi connectivity index (χ0v) is 9.78. The van der Waals surface area contributed by atoms with Crippen LogP contribution in [0.1, 0.15) is 38.5 Å². The van der Waals surface area contributed by atoms with Gasteiger partial charge < -0.3 is 10.4 Å². The number of likely N-dealkylation sites (N-methyl/N-ethyl adjacent to an activating group) is 1. The zero-order chi connectivity index (χ0) is 10.7. The number of aliphatic hydroxyl groups is 1. The Morgan fingerprint density at radius 3 is 2.40 bits per heavy atom. The number of hydrogen-bond acceptors (Lipinski definition) is 3. The first kappa shape index (κ1) is 11.4. The molecule has 2 fully saturated rings. The van der Waals surface area contributed by atoms with Crippen molar-refractivity contribution in [1.29, 1.82) is 0 Å². The van der Waals surface area contributed by atoms with Crippen LogP contribution in [0.4, 0.5) is 0 Å². The van der Waals surface area contributed by atoms with Gasteiger partial charge in [-0.05, 0) is 32.7 Å². The molecule has 2 aliphatic rings. The lowest BCUT2D eigenvalue weighted by atomic mass is 9.88. The van der Waals surface area contributed by atoms with Crippen LogP contribution in [0.3, 0.4) is 0 Å². The third kappa shape index (κ3) is 2.71. The molecule has 1 aliphatic heterocycles. The Morgan fingerprint density at radius 1 is 1.07 bits per heavy atom. The highest BCUT2D eigenvalue weighted by Gasteiger charge is 2.31. The maximum atomic E-state index is 9.51. The van der Waals surface area contributed by atoms with E-state index in [4.69, 9.17) is 0 Å². The van der Waals surface area contributed by atoms with E-state index < -0.39 is 0 Å². The maximum absolute atomic E-state index is 9.51. The molecule has 3 nitrogen and oxygen atoms in total. The molecule has 88 valence electrons. The minimum atomic E-state index is -0.0436. The third-order valence-corrected chi connectivity index (χ3v) is 4.07. The van der Waals surface area contributed by atoms with Crippen LogP contribution < -0.4 is 5.32 Å². The van der Waals surface area contributed by atoms with Crippen LogP contribution in [0, 0.1) is 0 Å². The van der Waals surface area contributed by atoms with Crippen molar-refractivity contribution >= 4 is 0 Å². The molecule has 1 aliphatic carbocycles. The molecule has 0 radical (unpaired) electrons. The van der Waals surface area contributed by atoms with Crippen LogP contribution in [0.5, 0.6) is 0 Å². The molecule has 2 rings (SSSR count). The average molecular weight is 212 g/mol. The van der Waals surface area contributed by atoms with Crippen molar-refractivity contribution in [3.05, 3.63) is 0 Å². The summed E-state index contributed by atoms with van der Waals surface area (Å²) in [5, 5.41) is 13.0. The highest BCUT2D eigenvalue weighted by atomic mass is 16.3. The van der Waals surface area contributed by atoms with Gasteiger partial charge in [-0.1, -0.05) is 12.8 Å². The number of piperidine rings is 1. The van der Waals surface area contributed by atoms with E-state index in [-0.39, 0.29) is 6.10 Å². The standard InChI is InChI=1S/C12H24N2O/c1-13-11-4-2-3-5-12(11)14-8-6-10(15)7-9-14/h10-13,15H,2-9H2,1H3. The summed E-state index contributed by atoms with van der Waals surface area (Å²) in [6, 6.07) is 1.39. The molecule has 2 N–H and O–H groups in total. The Labute approximate surface area is 92.8 Å². The largest absolute Gasteiger partial charge is 0.393 e. The van der Waals surface area contributed by atoms with Gasteiger partial charge in [-0.15, -0.1) is 0 Å². The summed E-state index contributed by atoms with van der Waals surface area (Å²) in [6.07, 6.45) is 7.29. The first-order chi connectivity index (χ1) is 7.31. The van der Waals surface area contributed by atoms with Crippen LogP contribution >= 0.6 is 0 Å². The number of rotatable bonds is 2. The van der Waals surface area contributed by atoms with E-state index in [0.717, 1.165) is 32.0 Å². The smallest absolute Gasteiger partial charge is 0.0564 e. The van der Waals surface area contributed by atoms with Crippen LogP contribution in [0.25, 0.3) is 0 Å². The normalized spacial score (nSPS) is 35.6.